The summed E-state index contributed by atoms with van der Waals surface area (Å²) in [5.41, 5.74) is 4.83. The van der Waals surface area contributed by atoms with E-state index in [1.165, 1.54) is 4.90 Å². The van der Waals surface area contributed by atoms with Crippen molar-refractivity contribution in [3.8, 4) is 0 Å². The molecule has 1 rings (SSSR count). The van der Waals surface area contributed by atoms with Crippen molar-refractivity contribution in [2.75, 3.05) is 19.6 Å². The molecule has 1 saturated heterocycles. The van der Waals surface area contributed by atoms with Crippen molar-refractivity contribution in [1.82, 2.24) is 4.90 Å². The van der Waals surface area contributed by atoms with Crippen molar-refractivity contribution >= 4 is 6.09 Å². The average molecular weight is 250 g/mol. The predicted molar refractivity (Wildman–Crippen MR) is 59.8 cm³/mol. The van der Waals surface area contributed by atoms with Crippen molar-refractivity contribution < 1.29 is 18.3 Å². The van der Waals surface area contributed by atoms with E-state index < -0.39 is 24.0 Å². The zero-order chi connectivity index (χ0) is 13.2. The van der Waals surface area contributed by atoms with E-state index in [1.807, 2.05) is 0 Å². The number of rotatable bonds is 2. The summed E-state index contributed by atoms with van der Waals surface area (Å²) in [6, 6.07) is 0. The van der Waals surface area contributed by atoms with Crippen molar-refractivity contribution in [2.45, 2.75) is 32.8 Å². The maximum atomic E-state index is 12.7. The largest absolute Gasteiger partial charge is 0.444 e. The molecule has 1 aliphatic heterocycles. The van der Waals surface area contributed by atoms with Crippen LogP contribution in [0.25, 0.3) is 0 Å². The minimum Gasteiger partial charge on any atom is -0.444 e. The first kappa shape index (κ1) is 14.2. The SMILES string of the molecule is CC(C)(C)OC(=O)N1CC(CN)C(C(F)F)C1. The molecular weight excluding hydrogens is 230 g/mol. The summed E-state index contributed by atoms with van der Waals surface area (Å²) in [6.45, 7) is 5.66. The van der Waals surface area contributed by atoms with Crippen LogP contribution in [0.3, 0.4) is 0 Å². The standard InChI is InChI=1S/C11H20F2N2O2/c1-11(2,3)17-10(16)15-5-7(4-14)8(6-15)9(12)13/h7-9H,4-6,14H2,1-3H3. The number of ether oxygens (including phenoxy) is 1. The molecule has 0 aliphatic carbocycles. The van der Waals surface area contributed by atoms with Gasteiger partial charge in [0.15, 0.2) is 0 Å². The third-order valence-electron chi connectivity index (χ3n) is 2.77. The molecule has 17 heavy (non-hydrogen) atoms. The van der Waals surface area contributed by atoms with Gasteiger partial charge in [0, 0.05) is 19.0 Å². The van der Waals surface area contributed by atoms with E-state index in [1.54, 1.807) is 20.8 Å². The fraction of sp³-hybridized carbons (Fsp3) is 0.909. The maximum absolute atomic E-state index is 12.7. The Morgan fingerprint density at radius 3 is 2.41 bits per heavy atom. The van der Waals surface area contributed by atoms with Crippen LogP contribution in [0, 0.1) is 11.8 Å². The van der Waals surface area contributed by atoms with Crippen molar-refractivity contribution in [2.24, 2.45) is 17.6 Å². The third-order valence-corrected chi connectivity index (χ3v) is 2.77. The number of carbonyl (C=O) groups excluding carboxylic acids is 1. The molecule has 0 aromatic heterocycles. The van der Waals surface area contributed by atoms with Gasteiger partial charge in [-0.1, -0.05) is 0 Å². The Labute approximate surface area is 100 Å². The van der Waals surface area contributed by atoms with Gasteiger partial charge < -0.3 is 15.4 Å². The first-order chi connectivity index (χ1) is 7.74. The molecule has 100 valence electrons. The van der Waals surface area contributed by atoms with Gasteiger partial charge in [0.25, 0.3) is 0 Å². The van der Waals surface area contributed by atoms with Gasteiger partial charge in [0.2, 0.25) is 6.43 Å². The highest BCUT2D eigenvalue weighted by Gasteiger charge is 2.40. The molecule has 2 atom stereocenters. The number of carbonyl (C=O) groups is 1. The number of alkyl halides is 2. The second-order valence-corrected chi connectivity index (χ2v) is 5.38. The second-order valence-electron chi connectivity index (χ2n) is 5.38. The zero-order valence-corrected chi connectivity index (χ0v) is 10.5. The Hall–Kier alpha value is -0.910. The molecule has 0 bridgehead atoms. The third kappa shape index (κ3) is 3.80. The van der Waals surface area contributed by atoms with Crippen LogP contribution in [0.5, 0.6) is 0 Å². The zero-order valence-electron chi connectivity index (χ0n) is 10.5. The highest BCUT2D eigenvalue weighted by atomic mass is 19.3. The molecule has 2 unspecified atom stereocenters. The van der Waals surface area contributed by atoms with Crippen LogP contribution in [0.2, 0.25) is 0 Å². The van der Waals surface area contributed by atoms with E-state index in [0.717, 1.165) is 0 Å². The molecule has 1 amide bonds. The molecular formula is C11H20F2N2O2. The summed E-state index contributed by atoms with van der Waals surface area (Å²) in [4.78, 5) is 13.0. The van der Waals surface area contributed by atoms with Gasteiger partial charge in [-0.25, -0.2) is 13.6 Å². The van der Waals surface area contributed by atoms with Gasteiger partial charge in [0.05, 0.1) is 0 Å². The summed E-state index contributed by atoms with van der Waals surface area (Å²) < 4.78 is 30.6. The molecule has 1 heterocycles. The minimum atomic E-state index is -2.45. The Bertz CT molecular complexity index is 279. The monoisotopic (exact) mass is 250 g/mol. The summed E-state index contributed by atoms with van der Waals surface area (Å²) >= 11 is 0. The molecule has 0 saturated carbocycles. The molecule has 6 heteroatoms. The van der Waals surface area contributed by atoms with E-state index in [4.69, 9.17) is 10.5 Å². The normalized spacial score (nSPS) is 25.5. The van der Waals surface area contributed by atoms with E-state index in [9.17, 15) is 13.6 Å². The highest BCUT2D eigenvalue weighted by Crippen LogP contribution is 2.29. The lowest BCUT2D eigenvalue weighted by atomic mass is 9.97. The second kappa shape index (κ2) is 5.16. The molecule has 4 nitrogen and oxygen atoms in total. The molecule has 0 radical (unpaired) electrons. The fourth-order valence-corrected chi connectivity index (χ4v) is 1.91. The Balaban J connectivity index is 2.61. The fourth-order valence-electron chi connectivity index (χ4n) is 1.91. The van der Waals surface area contributed by atoms with Crippen LogP contribution in [0.1, 0.15) is 20.8 Å². The summed E-state index contributed by atoms with van der Waals surface area (Å²) in [7, 11) is 0. The Kier molecular flexibility index (Phi) is 4.30. The number of hydrogen-bond donors (Lipinski definition) is 1. The van der Waals surface area contributed by atoms with E-state index in [2.05, 4.69) is 0 Å². The average Bonchev–Trinajstić information content (AvgIpc) is 2.58. The lowest BCUT2D eigenvalue weighted by Crippen LogP contribution is -2.36. The first-order valence-corrected chi connectivity index (χ1v) is 5.70. The van der Waals surface area contributed by atoms with Crippen LogP contribution in [-0.4, -0.2) is 42.7 Å². The first-order valence-electron chi connectivity index (χ1n) is 5.70. The van der Waals surface area contributed by atoms with Crippen LogP contribution < -0.4 is 5.73 Å². The maximum Gasteiger partial charge on any atom is 0.410 e. The number of nitrogens with zero attached hydrogens (tertiary/aromatic N) is 1. The van der Waals surface area contributed by atoms with Gasteiger partial charge in [-0.15, -0.1) is 0 Å². The van der Waals surface area contributed by atoms with Gasteiger partial charge >= 0.3 is 6.09 Å². The lowest BCUT2D eigenvalue weighted by Gasteiger charge is -2.24. The smallest absolute Gasteiger partial charge is 0.410 e. The topological polar surface area (TPSA) is 55.6 Å². The predicted octanol–water partition coefficient (Wildman–Crippen LogP) is 1.69. The molecule has 0 aromatic rings. The van der Waals surface area contributed by atoms with Crippen molar-refractivity contribution in [3.05, 3.63) is 0 Å². The van der Waals surface area contributed by atoms with Gasteiger partial charge in [-0.2, -0.15) is 0 Å². The molecule has 0 aromatic carbocycles. The summed E-state index contributed by atoms with van der Waals surface area (Å²) in [5.74, 6) is -1.19. The number of nitrogens with two attached hydrogens (primary N) is 1. The van der Waals surface area contributed by atoms with Gasteiger partial charge in [-0.05, 0) is 33.2 Å². The molecule has 2 N–H and O–H groups in total. The van der Waals surface area contributed by atoms with Crippen LogP contribution >= 0.6 is 0 Å². The highest BCUT2D eigenvalue weighted by molar-refractivity contribution is 5.68. The van der Waals surface area contributed by atoms with E-state index in [-0.39, 0.29) is 25.6 Å². The molecule has 1 aliphatic rings. The van der Waals surface area contributed by atoms with E-state index >= 15 is 0 Å². The van der Waals surface area contributed by atoms with E-state index in [0.29, 0.717) is 0 Å². The van der Waals surface area contributed by atoms with Crippen molar-refractivity contribution in [3.63, 3.8) is 0 Å². The van der Waals surface area contributed by atoms with Crippen molar-refractivity contribution in [1.29, 1.82) is 0 Å². The summed E-state index contributed by atoms with van der Waals surface area (Å²) in [5, 5.41) is 0. The molecule has 1 fully saturated rings. The Morgan fingerprint density at radius 2 is 2.06 bits per heavy atom. The Morgan fingerprint density at radius 1 is 1.47 bits per heavy atom. The quantitative estimate of drug-likeness (QED) is 0.811. The molecule has 0 spiro atoms. The number of hydrogen-bond acceptors (Lipinski definition) is 3. The van der Waals surface area contributed by atoms with Gasteiger partial charge in [0.1, 0.15) is 5.60 Å². The lowest BCUT2D eigenvalue weighted by molar-refractivity contribution is 0.0253. The van der Waals surface area contributed by atoms with Gasteiger partial charge in [-0.3, -0.25) is 0 Å². The minimum absolute atomic E-state index is 0.0223. The summed E-state index contributed by atoms with van der Waals surface area (Å²) in [6.07, 6.45) is -2.99. The van der Waals surface area contributed by atoms with Crippen LogP contribution in [0.4, 0.5) is 13.6 Å². The number of amides is 1. The van der Waals surface area contributed by atoms with Crippen LogP contribution in [-0.2, 0) is 4.74 Å². The number of halogens is 2. The number of likely N-dealkylation sites (tertiary alicyclic amines) is 1. The van der Waals surface area contributed by atoms with Crippen LogP contribution in [0.15, 0.2) is 0 Å².